The van der Waals surface area contributed by atoms with Gasteiger partial charge in [-0.25, -0.2) is 4.98 Å². The number of aromatic nitrogens is 1. The molecule has 2 rings (SSSR count). The van der Waals surface area contributed by atoms with Gasteiger partial charge in [-0.2, -0.15) is 0 Å². The van der Waals surface area contributed by atoms with E-state index in [0.29, 0.717) is 23.3 Å². The van der Waals surface area contributed by atoms with Gasteiger partial charge >= 0.3 is 0 Å². The van der Waals surface area contributed by atoms with E-state index in [1.807, 2.05) is 7.05 Å². The summed E-state index contributed by atoms with van der Waals surface area (Å²) in [5.74, 6) is 0.292. The van der Waals surface area contributed by atoms with Crippen LogP contribution >= 0.6 is 11.3 Å². The van der Waals surface area contributed by atoms with Crippen LogP contribution in [-0.4, -0.2) is 49.0 Å². The van der Waals surface area contributed by atoms with E-state index in [-0.39, 0.29) is 5.91 Å². The van der Waals surface area contributed by atoms with E-state index in [2.05, 4.69) is 15.6 Å². The van der Waals surface area contributed by atoms with Crippen molar-refractivity contribution >= 4 is 28.2 Å². The molecule has 7 heteroatoms. The molecule has 1 aliphatic rings. The van der Waals surface area contributed by atoms with Crippen LogP contribution in [0.1, 0.15) is 35.4 Å². The first-order valence-electron chi connectivity index (χ1n) is 7.04. The van der Waals surface area contributed by atoms with Gasteiger partial charge in [0.1, 0.15) is 10.7 Å². The first kappa shape index (κ1) is 15.1. The van der Waals surface area contributed by atoms with Gasteiger partial charge in [-0.1, -0.05) is 11.3 Å². The molecule has 4 N–H and O–H groups in total. The van der Waals surface area contributed by atoms with Gasteiger partial charge < -0.3 is 21.3 Å². The smallest absolute Gasteiger partial charge is 0.267 e. The molecular formula is C13H23N5OS. The number of rotatable bonds is 7. The lowest BCUT2D eigenvalue weighted by atomic mass is 9.93. The van der Waals surface area contributed by atoms with E-state index >= 15 is 0 Å². The zero-order valence-electron chi connectivity index (χ0n) is 12.1. The van der Waals surface area contributed by atoms with Crippen LogP contribution in [0.2, 0.25) is 0 Å². The highest BCUT2D eigenvalue weighted by atomic mass is 32.1. The van der Waals surface area contributed by atoms with E-state index in [1.165, 1.54) is 30.6 Å². The van der Waals surface area contributed by atoms with Crippen LogP contribution in [0.4, 0.5) is 10.9 Å². The lowest BCUT2D eigenvalue weighted by molar-refractivity contribution is 0.0799. The predicted molar refractivity (Wildman–Crippen MR) is 83.3 cm³/mol. The number of carbonyl (C=O) groups is 1. The standard InChI is InChI=1S/C13H23N5OS/c1-15-7-4-8-18(2)12(19)10-11(14)17-13(20-10)16-9-5-3-6-9/h9,15H,3-8,14H2,1-2H3,(H,16,17). The summed E-state index contributed by atoms with van der Waals surface area (Å²) in [6, 6.07) is 0.497. The molecule has 0 spiro atoms. The van der Waals surface area contributed by atoms with Crippen LogP contribution in [0, 0.1) is 0 Å². The molecule has 0 unspecified atom stereocenters. The second-order valence-corrected chi connectivity index (χ2v) is 6.19. The number of nitrogens with zero attached hydrogens (tertiary/aromatic N) is 2. The average Bonchev–Trinajstić information content (AvgIpc) is 2.74. The minimum absolute atomic E-state index is 0.0437. The fourth-order valence-corrected chi connectivity index (χ4v) is 3.00. The molecule has 1 aromatic rings. The summed E-state index contributed by atoms with van der Waals surface area (Å²) < 4.78 is 0. The van der Waals surface area contributed by atoms with E-state index in [0.717, 1.165) is 18.1 Å². The van der Waals surface area contributed by atoms with Crippen LogP contribution in [-0.2, 0) is 0 Å². The Morgan fingerprint density at radius 1 is 1.55 bits per heavy atom. The molecule has 112 valence electrons. The molecule has 0 saturated heterocycles. The number of nitrogen functional groups attached to an aromatic ring is 1. The minimum atomic E-state index is -0.0437. The maximum absolute atomic E-state index is 12.3. The summed E-state index contributed by atoms with van der Waals surface area (Å²) in [6.45, 7) is 1.60. The normalized spacial score (nSPS) is 14.9. The largest absolute Gasteiger partial charge is 0.382 e. The first-order valence-corrected chi connectivity index (χ1v) is 7.86. The van der Waals surface area contributed by atoms with Gasteiger partial charge in [0.2, 0.25) is 0 Å². The quantitative estimate of drug-likeness (QED) is 0.662. The highest BCUT2D eigenvalue weighted by molar-refractivity contribution is 7.18. The van der Waals surface area contributed by atoms with Crippen molar-refractivity contribution in [3.8, 4) is 0 Å². The lowest BCUT2D eigenvalue weighted by Crippen LogP contribution is -2.29. The SMILES string of the molecule is CNCCCN(C)C(=O)c1sc(NC2CCC2)nc1N. The zero-order valence-corrected chi connectivity index (χ0v) is 12.9. The minimum Gasteiger partial charge on any atom is -0.382 e. The summed E-state index contributed by atoms with van der Waals surface area (Å²) in [5.41, 5.74) is 5.87. The van der Waals surface area contributed by atoms with Gasteiger partial charge in [-0.3, -0.25) is 4.79 Å². The van der Waals surface area contributed by atoms with Gasteiger partial charge in [-0.05, 0) is 39.3 Å². The van der Waals surface area contributed by atoms with Crippen molar-refractivity contribution in [3.05, 3.63) is 4.88 Å². The monoisotopic (exact) mass is 297 g/mol. The first-order chi connectivity index (χ1) is 9.61. The number of nitrogens with two attached hydrogens (primary N) is 1. The highest BCUT2D eigenvalue weighted by Gasteiger charge is 2.22. The van der Waals surface area contributed by atoms with Crippen molar-refractivity contribution in [2.45, 2.75) is 31.7 Å². The van der Waals surface area contributed by atoms with Crippen LogP contribution in [0.3, 0.4) is 0 Å². The van der Waals surface area contributed by atoms with Crippen LogP contribution in [0.15, 0.2) is 0 Å². The van der Waals surface area contributed by atoms with Crippen LogP contribution in [0.5, 0.6) is 0 Å². The number of thiazole rings is 1. The number of anilines is 2. The fourth-order valence-electron chi connectivity index (χ4n) is 2.04. The Morgan fingerprint density at radius 2 is 2.30 bits per heavy atom. The van der Waals surface area contributed by atoms with Crippen LogP contribution in [0.25, 0.3) is 0 Å². The molecule has 0 atom stereocenters. The third kappa shape index (κ3) is 3.61. The summed E-state index contributed by atoms with van der Waals surface area (Å²) in [5, 5.41) is 7.16. The molecule has 1 amide bonds. The summed E-state index contributed by atoms with van der Waals surface area (Å²) in [6.07, 6.45) is 4.53. The zero-order chi connectivity index (χ0) is 14.5. The molecule has 0 bridgehead atoms. The third-order valence-corrected chi connectivity index (χ3v) is 4.54. The van der Waals surface area contributed by atoms with Gasteiger partial charge in [0.15, 0.2) is 5.13 Å². The number of hydrogen-bond donors (Lipinski definition) is 3. The van der Waals surface area contributed by atoms with Crippen molar-refractivity contribution in [2.75, 3.05) is 38.2 Å². The highest BCUT2D eigenvalue weighted by Crippen LogP contribution is 2.30. The van der Waals surface area contributed by atoms with E-state index < -0.39 is 0 Å². The topological polar surface area (TPSA) is 83.3 Å². The van der Waals surface area contributed by atoms with Gasteiger partial charge in [0.25, 0.3) is 5.91 Å². The van der Waals surface area contributed by atoms with E-state index in [9.17, 15) is 4.79 Å². The summed E-state index contributed by atoms with van der Waals surface area (Å²) in [4.78, 5) is 18.8. The average molecular weight is 297 g/mol. The number of hydrogen-bond acceptors (Lipinski definition) is 6. The summed E-state index contributed by atoms with van der Waals surface area (Å²) in [7, 11) is 3.71. The van der Waals surface area contributed by atoms with Crippen molar-refractivity contribution < 1.29 is 4.79 Å². The molecule has 1 aromatic heterocycles. The Balaban J connectivity index is 1.94. The predicted octanol–water partition coefficient (Wildman–Crippen LogP) is 1.37. The Kier molecular flexibility index (Phi) is 5.19. The van der Waals surface area contributed by atoms with Gasteiger partial charge in [0, 0.05) is 19.6 Å². The number of nitrogens with one attached hydrogen (secondary N) is 2. The Morgan fingerprint density at radius 3 is 2.90 bits per heavy atom. The summed E-state index contributed by atoms with van der Waals surface area (Å²) >= 11 is 1.36. The molecule has 20 heavy (non-hydrogen) atoms. The molecule has 1 aliphatic carbocycles. The van der Waals surface area contributed by atoms with Crippen LogP contribution < -0.4 is 16.4 Å². The molecule has 1 heterocycles. The Hall–Kier alpha value is -1.34. The molecule has 0 radical (unpaired) electrons. The van der Waals surface area contributed by atoms with Crippen molar-refractivity contribution in [3.63, 3.8) is 0 Å². The molecule has 1 saturated carbocycles. The third-order valence-electron chi connectivity index (χ3n) is 3.55. The van der Waals surface area contributed by atoms with Crippen molar-refractivity contribution in [1.29, 1.82) is 0 Å². The molecular weight excluding hydrogens is 274 g/mol. The lowest BCUT2D eigenvalue weighted by Gasteiger charge is -2.25. The maximum atomic E-state index is 12.3. The van der Waals surface area contributed by atoms with Crippen molar-refractivity contribution in [1.82, 2.24) is 15.2 Å². The molecule has 0 aromatic carbocycles. The Labute approximate surface area is 123 Å². The molecule has 1 fully saturated rings. The second kappa shape index (κ2) is 6.90. The number of amides is 1. The van der Waals surface area contributed by atoms with E-state index in [4.69, 9.17) is 5.73 Å². The van der Waals surface area contributed by atoms with Gasteiger partial charge in [0.05, 0.1) is 0 Å². The molecule has 0 aliphatic heterocycles. The number of carbonyl (C=O) groups excluding carboxylic acids is 1. The Bertz CT molecular complexity index is 458. The van der Waals surface area contributed by atoms with Crippen molar-refractivity contribution in [2.24, 2.45) is 0 Å². The van der Waals surface area contributed by atoms with Gasteiger partial charge in [-0.15, -0.1) is 0 Å². The fraction of sp³-hybridized carbons (Fsp3) is 0.692. The van der Waals surface area contributed by atoms with E-state index in [1.54, 1.807) is 11.9 Å². The maximum Gasteiger partial charge on any atom is 0.267 e. The molecule has 6 nitrogen and oxygen atoms in total. The second-order valence-electron chi connectivity index (χ2n) is 5.19.